The molecule has 0 aliphatic carbocycles. The second-order valence-electron chi connectivity index (χ2n) is 5.89. The van der Waals surface area contributed by atoms with Gasteiger partial charge in [-0.3, -0.25) is 14.5 Å². The Morgan fingerprint density at radius 1 is 1.21 bits per heavy atom. The molecule has 3 rings (SSSR count). The molecule has 2 aromatic rings. The first-order chi connectivity index (χ1) is 13.9. The summed E-state index contributed by atoms with van der Waals surface area (Å²) in [6, 6.07) is 10.3. The number of benzene rings is 2. The van der Waals surface area contributed by atoms with Crippen LogP contribution in [0.5, 0.6) is 11.5 Å². The largest absolute Gasteiger partial charge is 0.493 e. The van der Waals surface area contributed by atoms with Gasteiger partial charge in [0.2, 0.25) is 0 Å². The van der Waals surface area contributed by atoms with E-state index in [4.69, 9.17) is 39.1 Å². The van der Waals surface area contributed by atoms with Crippen molar-refractivity contribution in [2.24, 2.45) is 0 Å². The van der Waals surface area contributed by atoms with Gasteiger partial charge >= 0.3 is 0 Å². The van der Waals surface area contributed by atoms with Crippen LogP contribution in [0.3, 0.4) is 0 Å². The number of hydrogen-bond acceptors (Lipinski definition) is 5. The zero-order valence-electron chi connectivity index (χ0n) is 15.3. The van der Waals surface area contributed by atoms with Crippen molar-refractivity contribution >= 4 is 52.2 Å². The third-order valence-corrected chi connectivity index (χ3v) is 5.57. The number of hydrogen-bond donors (Lipinski definition) is 0. The molecule has 0 atom stereocenters. The summed E-state index contributed by atoms with van der Waals surface area (Å²) in [4.78, 5) is 26.5. The van der Waals surface area contributed by atoms with E-state index in [1.165, 1.54) is 7.11 Å². The molecule has 1 saturated heterocycles. The van der Waals surface area contributed by atoms with E-state index >= 15 is 0 Å². The van der Waals surface area contributed by atoms with Crippen LogP contribution < -0.4 is 9.47 Å². The Balaban J connectivity index is 1.87. The van der Waals surface area contributed by atoms with Crippen molar-refractivity contribution in [3.8, 4) is 23.8 Å². The summed E-state index contributed by atoms with van der Waals surface area (Å²) >= 11 is 13.3. The van der Waals surface area contributed by atoms with Crippen LogP contribution >= 0.6 is 35.0 Å². The standard InChI is InChI=1S/C21H15Cl2NO4S/c1-3-8-28-19-16(23)9-13(10-17(19)27-2)11-18-20(25)24(21(26)29-18)12-14-6-4-5-7-15(14)22/h1,4-7,9-11H,8,12H2,2H3. The number of nitrogens with zero attached hydrogens (tertiary/aromatic N) is 1. The SMILES string of the molecule is C#CCOc1c(Cl)cc(C=C2SC(=O)N(Cc3ccccc3Cl)C2=O)cc1OC. The summed E-state index contributed by atoms with van der Waals surface area (Å²) in [5, 5.41) is 0.406. The molecule has 148 valence electrons. The molecule has 0 N–H and O–H groups in total. The minimum atomic E-state index is -0.400. The summed E-state index contributed by atoms with van der Waals surface area (Å²) in [6.45, 7) is 0.140. The number of carbonyl (C=O) groups excluding carboxylic acids is 2. The second kappa shape index (κ2) is 9.27. The van der Waals surface area contributed by atoms with E-state index in [0.29, 0.717) is 27.6 Å². The number of rotatable bonds is 6. The first-order valence-corrected chi connectivity index (χ1v) is 9.94. The van der Waals surface area contributed by atoms with Crippen LogP contribution in [0.15, 0.2) is 41.3 Å². The molecule has 1 aliphatic heterocycles. The lowest BCUT2D eigenvalue weighted by molar-refractivity contribution is -0.123. The van der Waals surface area contributed by atoms with Crippen LogP contribution in [0, 0.1) is 12.3 Å². The summed E-state index contributed by atoms with van der Waals surface area (Å²) in [5.74, 6) is 2.64. The fourth-order valence-corrected chi connectivity index (χ4v) is 3.97. The van der Waals surface area contributed by atoms with Crippen LogP contribution in [0.1, 0.15) is 11.1 Å². The van der Waals surface area contributed by atoms with Gasteiger partial charge in [0.15, 0.2) is 11.5 Å². The van der Waals surface area contributed by atoms with E-state index < -0.39 is 5.91 Å². The van der Waals surface area contributed by atoms with Crippen LogP contribution in [-0.2, 0) is 11.3 Å². The molecule has 0 bridgehead atoms. The average Bonchev–Trinajstić information content (AvgIpc) is 2.95. The summed E-state index contributed by atoms with van der Waals surface area (Å²) in [6.07, 6.45) is 6.79. The van der Waals surface area contributed by atoms with Gasteiger partial charge in [-0.25, -0.2) is 0 Å². The summed E-state index contributed by atoms with van der Waals surface area (Å²) in [5.41, 5.74) is 1.28. The molecule has 0 spiro atoms. The van der Waals surface area contributed by atoms with E-state index in [2.05, 4.69) is 5.92 Å². The zero-order chi connectivity index (χ0) is 21.0. The van der Waals surface area contributed by atoms with Crippen molar-refractivity contribution in [3.63, 3.8) is 0 Å². The molecule has 29 heavy (non-hydrogen) atoms. The Hall–Kier alpha value is -2.59. The number of ether oxygens (including phenoxy) is 2. The van der Waals surface area contributed by atoms with E-state index in [-0.39, 0.29) is 28.3 Å². The fourth-order valence-electron chi connectivity index (χ4n) is 2.66. The molecule has 1 aliphatic rings. The lowest BCUT2D eigenvalue weighted by Gasteiger charge is -2.13. The molecule has 0 saturated carbocycles. The number of terminal acetylenes is 1. The molecule has 0 radical (unpaired) electrons. The van der Waals surface area contributed by atoms with Crippen LogP contribution in [0.4, 0.5) is 4.79 Å². The van der Waals surface area contributed by atoms with Gasteiger partial charge in [-0.05, 0) is 47.2 Å². The van der Waals surface area contributed by atoms with Gasteiger partial charge in [-0.1, -0.05) is 47.3 Å². The van der Waals surface area contributed by atoms with Crippen LogP contribution in [0.25, 0.3) is 6.08 Å². The summed E-state index contributed by atoms with van der Waals surface area (Å²) < 4.78 is 10.7. The Morgan fingerprint density at radius 2 is 1.97 bits per heavy atom. The van der Waals surface area contributed by atoms with Crippen molar-refractivity contribution in [1.29, 1.82) is 0 Å². The molecule has 1 fully saturated rings. The van der Waals surface area contributed by atoms with Crippen molar-refractivity contribution in [1.82, 2.24) is 4.90 Å². The predicted molar refractivity (Wildman–Crippen MR) is 115 cm³/mol. The van der Waals surface area contributed by atoms with Gasteiger partial charge in [0.1, 0.15) is 6.61 Å². The molecule has 8 heteroatoms. The van der Waals surface area contributed by atoms with E-state index in [1.807, 2.05) is 0 Å². The van der Waals surface area contributed by atoms with E-state index in [0.717, 1.165) is 16.7 Å². The lowest BCUT2D eigenvalue weighted by atomic mass is 10.1. The van der Waals surface area contributed by atoms with Crippen molar-refractivity contribution in [3.05, 3.63) is 62.5 Å². The van der Waals surface area contributed by atoms with Gasteiger partial charge < -0.3 is 9.47 Å². The van der Waals surface area contributed by atoms with Gasteiger partial charge in [-0.2, -0.15) is 0 Å². The normalized spacial score (nSPS) is 15.0. The molecule has 0 aromatic heterocycles. The Bertz CT molecular complexity index is 1050. The molecule has 0 unspecified atom stereocenters. The maximum Gasteiger partial charge on any atom is 0.293 e. The minimum absolute atomic E-state index is 0.0381. The number of imide groups is 1. The highest BCUT2D eigenvalue weighted by atomic mass is 35.5. The number of thioether (sulfide) groups is 1. The van der Waals surface area contributed by atoms with Crippen molar-refractivity contribution in [2.45, 2.75) is 6.54 Å². The monoisotopic (exact) mass is 447 g/mol. The fraction of sp³-hybridized carbons (Fsp3) is 0.143. The van der Waals surface area contributed by atoms with Crippen molar-refractivity contribution < 1.29 is 19.1 Å². The van der Waals surface area contributed by atoms with E-state index in [1.54, 1.807) is 42.5 Å². The molecule has 5 nitrogen and oxygen atoms in total. The molecule has 2 amide bonds. The molecule has 2 aromatic carbocycles. The predicted octanol–water partition coefficient (Wildman–Crippen LogP) is 5.25. The highest BCUT2D eigenvalue weighted by Crippen LogP contribution is 2.39. The highest BCUT2D eigenvalue weighted by Gasteiger charge is 2.35. The van der Waals surface area contributed by atoms with Crippen molar-refractivity contribution in [2.75, 3.05) is 13.7 Å². The van der Waals surface area contributed by atoms with Gasteiger partial charge in [-0.15, -0.1) is 6.42 Å². The maximum absolute atomic E-state index is 12.7. The zero-order valence-corrected chi connectivity index (χ0v) is 17.6. The first-order valence-electron chi connectivity index (χ1n) is 8.37. The minimum Gasteiger partial charge on any atom is -0.493 e. The third kappa shape index (κ3) is 4.70. The van der Waals surface area contributed by atoms with Crippen LogP contribution in [0.2, 0.25) is 10.0 Å². The average molecular weight is 448 g/mol. The first kappa shape index (κ1) is 21.1. The number of methoxy groups -OCH3 is 1. The molecular formula is C21H15Cl2NO4S. The topological polar surface area (TPSA) is 55.8 Å². The number of carbonyl (C=O) groups is 2. The maximum atomic E-state index is 12.7. The molecule has 1 heterocycles. The Kier molecular flexibility index (Phi) is 6.75. The van der Waals surface area contributed by atoms with Gasteiger partial charge in [0.05, 0.1) is 23.6 Å². The van der Waals surface area contributed by atoms with Crippen LogP contribution in [-0.4, -0.2) is 29.8 Å². The number of halogens is 2. The Labute approximate surface area is 182 Å². The highest BCUT2D eigenvalue weighted by molar-refractivity contribution is 8.18. The third-order valence-electron chi connectivity index (χ3n) is 4.01. The van der Waals surface area contributed by atoms with Gasteiger partial charge in [0.25, 0.3) is 11.1 Å². The smallest absolute Gasteiger partial charge is 0.293 e. The molecular weight excluding hydrogens is 433 g/mol. The van der Waals surface area contributed by atoms with E-state index in [9.17, 15) is 9.59 Å². The second-order valence-corrected chi connectivity index (χ2v) is 7.69. The Morgan fingerprint density at radius 3 is 2.66 bits per heavy atom. The van der Waals surface area contributed by atoms with Gasteiger partial charge in [0, 0.05) is 5.02 Å². The quantitative estimate of drug-likeness (QED) is 0.446. The number of amides is 2. The summed E-state index contributed by atoms with van der Waals surface area (Å²) in [7, 11) is 1.47. The lowest BCUT2D eigenvalue weighted by Crippen LogP contribution is -2.27.